The molecule has 102 valence electrons. The topological polar surface area (TPSA) is 33.4 Å². The minimum Gasteiger partial charge on any atom is -0.461 e. The molecule has 0 aliphatic rings. The third kappa shape index (κ3) is 2.15. The Labute approximate surface area is 124 Å². The first-order chi connectivity index (χ1) is 9.58. The summed E-state index contributed by atoms with van der Waals surface area (Å²) in [5.74, 6) is 0.156. The van der Waals surface area contributed by atoms with Crippen molar-refractivity contribution in [1.29, 1.82) is 0 Å². The summed E-state index contributed by atoms with van der Waals surface area (Å²) in [6, 6.07) is 11.9. The van der Waals surface area contributed by atoms with Crippen molar-refractivity contribution in [2.45, 2.75) is 13.0 Å². The number of hydrogen-bond donors (Lipinski definition) is 1. The van der Waals surface area contributed by atoms with E-state index in [0.717, 1.165) is 9.86 Å². The van der Waals surface area contributed by atoms with Crippen molar-refractivity contribution in [2.75, 3.05) is 0 Å². The lowest BCUT2D eigenvalue weighted by atomic mass is 9.98. The molecule has 20 heavy (non-hydrogen) atoms. The Balaban J connectivity index is 2.20. The number of hydrogen-bond acceptors (Lipinski definition) is 2. The molecule has 1 aromatic heterocycles. The molecule has 1 N–H and O–H groups in total. The molecule has 0 bridgehead atoms. The number of benzene rings is 2. The average Bonchev–Trinajstić information content (AvgIpc) is 2.76. The largest absolute Gasteiger partial charge is 0.461 e. The van der Waals surface area contributed by atoms with E-state index in [0.29, 0.717) is 16.9 Å². The van der Waals surface area contributed by atoms with Gasteiger partial charge in [0.25, 0.3) is 0 Å². The van der Waals surface area contributed by atoms with Gasteiger partial charge in [0.15, 0.2) is 0 Å². The van der Waals surface area contributed by atoms with E-state index in [4.69, 9.17) is 4.42 Å². The lowest BCUT2D eigenvalue weighted by Gasteiger charge is -2.12. The Morgan fingerprint density at radius 2 is 1.95 bits per heavy atom. The van der Waals surface area contributed by atoms with Gasteiger partial charge in [-0.05, 0) is 31.2 Å². The Morgan fingerprint density at radius 3 is 2.75 bits per heavy atom. The second-order valence-corrected chi connectivity index (χ2v) is 5.55. The zero-order valence-electron chi connectivity index (χ0n) is 10.7. The van der Waals surface area contributed by atoms with Gasteiger partial charge in [-0.25, -0.2) is 4.39 Å². The van der Waals surface area contributed by atoms with Crippen LogP contribution in [-0.4, -0.2) is 5.11 Å². The highest BCUT2D eigenvalue weighted by Gasteiger charge is 2.22. The van der Waals surface area contributed by atoms with Crippen LogP contribution in [0.2, 0.25) is 0 Å². The molecular weight excluding hydrogens is 323 g/mol. The second-order valence-electron chi connectivity index (χ2n) is 4.64. The van der Waals surface area contributed by atoms with E-state index in [-0.39, 0.29) is 5.56 Å². The first-order valence-corrected chi connectivity index (χ1v) is 6.98. The summed E-state index contributed by atoms with van der Waals surface area (Å²) in [4.78, 5) is 0. The fourth-order valence-electron chi connectivity index (χ4n) is 2.41. The van der Waals surface area contributed by atoms with Crippen LogP contribution in [0.25, 0.3) is 11.0 Å². The number of para-hydroxylation sites is 1. The lowest BCUT2D eigenvalue weighted by Crippen LogP contribution is -2.03. The number of halogens is 2. The van der Waals surface area contributed by atoms with Crippen LogP contribution in [0, 0.1) is 12.7 Å². The van der Waals surface area contributed by atoms with Crippen molar-refractivity contribution in [2.24, 2.45) is 0 Å². The van der Waals surface area contributed by atoms with Gasteiger partial charge in [0.2, 0.25) is 0 Å². The van der Waals surface area contributed by atoms with Gasteiger partial charge < -0.3 is 9.52 Å². The summed E-state index contributed by atoms with van der Waals surface area (Å²) in [6.07, 6.45) is -1.06. The number of aryl methyl sites for hydroxylation is 1. The van der Waals surface area contributed by atoms with Crippen LogP contribution < -0.4 is 0 Å². The molecule has 1 atom stereocenters. The summed E-state index contributed by atoms with van der Waals surface area (Å²) in [7, 11) is 0. The monoisotopic (exact) mass is 334 g/mol. The molecule has 3 aromatic rings. The number of fused-ring (bicyclic) bond motifs is 1. The van der Waals surface area contributed by atoms with Crippen LogP contribution in [0.5, 0.6) is 0 Å². The van der Waals surface area contributed by atoms with E-state index in [1.807, 2.05) is 24.3 Å². The standard InChI is InChI=1S/C16H12BrFO2/c1-9-15(11-4-2-3-5-14(11)20-9)16(19)12-8-10(17)6-7-13(12)18/h2-8,16,19H,1H3. The molecule has 0 saturated heterocycles. The van der Waals surface area contributed by atoms with Crippen LogP contribution in [0.3, 0.4) is 0 Å². The highest BCUT2D eigenvalue weighted by Crippen LogP contribution is 2.35. The molecule has 0 aliphatic carbocycles. The maximum absolute atomic E-state index is 13.9. The molecule has 3 rings (SSSR count). The molecule has 0 spiro atoms. The van der Waals surface area contributed by atoms with E-state index in [2.05, 4.69) is 15.9 Å². The molecule has 0 saturated carbocycles. The summed E-state index contributed by atoms with van der Waals surface area (Å²) < 4.78 is 20.3. The Kier molecular flexibility index (Phi) is 3.36. The number of rotatable bonds is 2. The van der Waals surface area contributed by atoms with Crippen molar-refractivity contribution in [3.05, 3.63) is 69.6 Å². The van der Waals surface area contributed by atoms with Crippen molar-refractivity contribution < 1.29 is 13.9 Å². The zero-order chi connectivity index (χ0) is 14.3. The molecule has 0 aliphatic heterocycles. The summed E-state index contributed by atoms with van der Waals surface area (Å²) in [6.45, 7) is 1.77. The van der Waals surface area contributed by atoms with Crippen molar-refractivity contribution in [3.8, 4) is 0 Å². The van der Waals surface area contributed by atoms with Gasteiger partial charge in [-0.3, -0.25) is 0 Å². The molecule has 4 heteroatoms. The molecule has 2 aromatic carbocycles. The van der Waals surface area contributed by atoms with Gasteiger partial charge >= 0.3 is 0 Å². The van der Waals surface area contributed by atoms with Crippen LogP contribution in [0.4, 0.5) is 4.39 Å². The molecule has 1 heterocycles. The predicted octanol–water partition coefficient (Wildman–Crippen LogP) is 4.72. The normalized spacial score (nSPS) is 12.8. The second kappa shape index (κ2) is 5.04. The lowest BCUT2D eigenvalue weighted by molar-refractivity contribution is 0.214. The van der Waals surface area contributed by atoms with Crippen molar-refractivity contribution >= 4 is 26.9 Å². The van der Waals surface area contributed by atoms with Gasteiger partial charge in [-0.15, -0.1) is 0 Å². The third-order valence-corrected chi connectivity index (χ3v) is 3.84. The van der Waals surface area contributed by atoms with E-state index in [1.165, 1.54) is 6.07 Å². The van der Waals surface area contributed by atoms with Crippen LogP contribution >= 0.6 is 15.9 Å². The summed E-state index contributed by atoms with van der Waals surface area (Å²) in [5, 5.41) is 11.3. The summed E-state index contributed by atoms with van der Waals surface area (Å²) in [5.41, 5.74) is 1.53. The predicted molar refractivity (Wildman–Crippen MR) is 79.1 cm³/mol. The minimum absolute atomic E-state index is 0.231. The average molecular weight is 335 g/mol. The number of aliphatic hydroxyl groups excluding tert-OH is 1. The van der Waals surface area contributed by atoms with Gasteiger partial charge in [-0.1, -0.05) is 34.1 Å². The highest BCUT2D eigenvalue weighted by molar-refractivity contribution is 9.10. The fourth-order valence-corrected chi connectivity index (χ4v) is 2.79. The van der Waals surface area contributed by atoms with E-state index >= 15 is 0 Å². The Morgan fingerprint density at radius 1 is 1.20 bits per heavy atom. The highest BCUT2D eigenvalue weighted by atomic mass is 79.9. The van der Waals surface area contributed by atoms with Gasteiger partial charge in [0.1, 0.15) is 23.3 Å². The molecule has 0 radical (unpaired) electrons. The maximum atomic E-state index is 13.9. The molecule has 0 fully saturated rings. The first-order valence-electron chi connectivity index (χ1n) is 6.19. The molecule has 0 amide bonds. The smallest absolute Gasteiger partial charge is 0.134 e. The van der Waals surface area contributed by atoms with Gasteiger partial charge in [0.05, 0.1) is 0 Å². The van der Waals surface area contributed by atoms with Gasteiger partial charge in [-0.2, -0.15) is 0 Å². The molecular formula is C16H12BrFO2. The van der Waals surface area contributed by atoms with Crippen LogP contribution in [0.15, 0.2) is 51.4 Å². The minimum atomic E-state index is -1.06. The van der Waals surface area contributed by atoms with Crippen LogP contribution in [0.1, 0.15) is 23.0 Å². The Bertz CT molecular complexity index is 779. The Hall–Kier alpha value is -1.65. The fraction of sp³-hybridized carbons (Fsp3) is 0.125. The van der Waals surface area contributed by atoms with Crippen molar-refractivity contribution in [1.82, 2.24) is 0 Å². The van der Waals surface area contributed by atoms with Crippen molar-refractivity contribution in [3.63, 3.8) is 0 Å². The summed E-state index contributed by atoms with van der Waals surface area (Å²) >= 11 is 3.29. The number of aliphatic hydroxyl groups is 1. The number of furan rings is 1. The van der Waals surface area contributed by atoms with E-state index < -0.39 is 11.9 Å². The van der Waals surface area contributed by atoms with Gasteiger partial charge in [0, 0.05) is 21.0 Å². The van der Waals surface area contributed by atoms with E-state index in [9.17, 15) is 9.50 Å². The third-order valence-electron chi connectivity index (χ3n) is 3.35. The van der Waals surface area contributed by atoms with E-state index in [1.54, 1.807) is 19.1 Å². The zero-order valence-corrected chi connectivity index (χ0v) is 12.3. The molecule has 2 nitrogen and oxygen atoms in total. The quantitative estimate of drug-likeness (QED) is 0.735. The molecule has 1 unspecified atom stereocenters. The first kappa shape index (κ1) is 13.3. The van der Waals surface area contributed by atoms with Crippen LogP contribution in [-0.2, 0) is 0 Å². The maximum Gasteiger partial charge on any atom is 0.134 e. The SMILES string of the molecule is Cc1oc2ccccc2c1C(O)c1cc(Br)ccc1F.